The second kappa shape index (κ2) is 8.32. The predicted molar refractivity (Wildman–Crippen MR) is 77.6 cm³/mol. The van der Waals surface area contributed by atoms with Gasteiger partial charge in [-0.2, -0.15) is 0 Å². The number of benzene rings is 1. The number of nitrogens with one attached hydrogen (secondary N) is 1. The second-order valence-electron chi connectivity index (χ2n) is 5.23. The van der Waals surface area contributed by atoms with Gasteiger partial charge in [0.2, 0.25) is 0 Å². The van der Waals surface area contributed by atoms with Gasteiger partial charge in [0, 0.05) is 12.2 Å². The Balaban J connectivity index is 3.15. The van der Waals surface area contributed by atoms with Crippen molar-refractivity contribution in [3.8, 4) is 0 Å². The van der Waals surface area contributed by atoms with Crippen LogP contribution in [0.15, 0.2) is 18.2 Å². The normalized spacial score (nSPS) is 14.6. The minimum atomic E-state index is -0.524. The van der Waals surface area contributed by atoms with Crippen LogP contribution in [0.3, 0.4) is 0 Å². The molecule has 0 spiro atoms. The number of rotatable bonds is 8. The fourth-order valence-corrected chi connectivity index (χ4v) is 2.36. The molecule has 2 atom stereocenters. The highest BCUT2D eigenvalue weighted by atomic mass is 19.1. The van der Waals surface area contributed by atoms with Gasteiger partial charge in [0.1, 0.15) is 11.6 Å². The van der Waals surface area contributed by atoms with Gasteiger partial charge < -0.3 is 10.1 Å². The van der Waals surface area contributed by atoms with Crippen LogP contribution in [0, 0.1) is 17.6 Å². The van der Waals surface area contributed by atoms with E-state index in [1.165, 1.54) is 18.2 Å². The van der Waals surface area contributed by atoms with Crippen molar-refractivity contribution in [2.24, 2.45) is 5.92 Å². The Morgan fingerprint density at radius 2 is 1.75 bits per heavy atom. The monoisotopic (exact) mass is 285 g/mol. The summed E-state index contributed by atoms with van der Waals surface area (Å²) in [6, 6.07) is 3.50. The molecule has 0 saturated heterocycles. The summed E-state index contributed by atoms with van der Waals surface area (Å²) in [6.45, 7) is 9.12. The van der Waals surface area contributed by atoms with Crippen LogP contribution in [0.1, 0.15) is 45.7 Å². The average Bonchev–Trinajstić information content (AvgIpc) is 2.39. The fraction of sp³-hybridized carbons (Fsp3) is 0.625. The second-order valence-corrected chi connectivity index (χ2v) is 5.23. The lowest BCUT2D eigenvalue weighted by Crippen LogP contribution is -2.38. The fourth-order valence-electron chi connectivity index (χ4n) is 2.36. The minimum absolute atomic E-state index is 0.0769. The average molecular weight is 285 g/mol. The summed E-state index contributed by atoms with van der Waals surface area (Å²) >= 11 is 0. The molecule has 1 N–H and O–H groups in total. The lowest BCUT2D eigenvalue weighted by molar-refractivity contribution is 0.00115. The topological polar surface area (TPSA) is 21.3 Å². The van der Waals surface area contributed by atoms with Crippen LogP contribution >= 0.6 is 0 Å². The van der Waals surface area contributed by atoms with E-state index in [2.05, 4.69) is 5.32 Å². The van der Waals surface area contributed by atoms with Crippen LogP contribution in [0.25, 0.3) is 0 Å². The molecule has 2 unspecified atom stereocenters. The zero-order valence-corrected chi connectivity index (χ0v) is 12.7. The Bertz CT molecular complexity index is 389. The van der Waals surface area contributed by atoms with E-state index in [1.54, 1.807) is 0 Å². The van der Waals surface area contributed by atoms with Crippen molar-refractivity contribution >= 4 is 0 Å². The Labute approximate surface area is 120 Å². The van der Waals surface area contributed by atoms with E-state index in [-0.39, 0.29) is 17.6 Å². The van der Waals surface area contributed by atoms with E-state index in [0.29, 0.717) is 13.2 Å². The molecule has 0 bridgehead atoms. The van der Waals surface area contributed by atoms with Crippen LogP contribution < -0.4 is 5.32 Å². The van der Waals surface area contributed by atoms with Crippen LogP contribution in [-0.4, -0.2) is 19.3 Å². The largest absolute Gasteiger partial charge is 0.376 e. The molecule has 20 heavy (non-hydrogen) atoms. The first-order valence-electron chi connectivity index (χ1n) is 7.31. The molecule has 0 fully saturated rings. The van der Waals surface area contributed by atoms with E-state index in [1.807, 2.05) is 27.7 Å². The van der Waals surface area contributed by atoms with E-state index in [9.17, 15) is 8.78 Å². The SMILES string of the molecule is CCCNC(c1c(F)cccc1F)C(OCC)C(C)C. The van der Waals surface area contributed by atoms with Crippen molar-refractivity contribution < 1.29 is 13.5 Å². The first-order valence-corrected chi connectivity index (χ1v) is 7.31. The molecule has 0 heterocycles. The smallest absolute Gasteiger partial charge is 0.131 e. The zero-order chi connectivity index (χ0) is 15.1. The van der Waals surface area contributed by atoms with Crippen molar-refractivity contribution in [1.82, 2.24) is 5.32 Å². The van der Waals surface area contributed by atoms with E-state index in [0.717, 1.165) is 6.42 Å². The summed E-state index contributed by atoms with van der Waals surface area (Å²) in [7, 11) is 0. The van der Waals surface area contributed by atoms with Gasteiger partial charge >= 0.3 is 0 Å². The minimum Gasteiger partial charge on any atom is -0.376 e. The molecule has 1 aromatic rings. The van der Waals surface area contributed by atoms with Crippen molar-refractivity contribution in [1.29, 1.82) is 0 Å². The van der Waals surface area contributed by atoms with Crippen LogP contribution in [-0.2, 0) is 4.74 Å². The van der Waals surface area contributed by atoms with Crippen molar-refractivity contribution in [3.05, 3.63) is 35.4 Å². The van der Waals surface area contributed by atoms with Gasteiger partial charge in [-0.05, 0) is 37.9 Å². The molecule has 114 valence electrons. The van der Waals surface area contributed by atoms with Crippen LogP contribution in [0.4, 0.5) is 8.78 Å². The highest BCUT2D eigenvalue weighted by Crippen LogP contribution is 2.29. The van der Waals surface area contributed by atoms with Crippen molar-refractivity contribution in [2.75, 3.05) is 13.2 Å². The molecule has 0 aromatic heterocycles. The molecule has 0 saturated carbocycles. The number of hydrogen-bond acceptors (Lipinski definition) is 2. The molecule has 0 radical (unpaired) electrons. The summed E-state index contributed by atoms with van der Waals surface area (Å²) in [4.78, 5) is 0. The Kier molecular flexibility index (Phi) is 7.10. The Hall–Kier alpha value is -1.00. The van der Waals surface area contributed by atoms with Gasteiger partial charge in [0.05, 0.1) is 12.1 Å². The third-order valence-corrected chi connectivity index (χ3v) is 3.27. The van der Waals surface area contributed by atoms with Gasteiger partial charge in [0.15, 0.2) is 0 Å². The number of hydrogen-bond donors (Lipinski definition) is 1. The van der Waals surface area contributed by atoms with Crippen molar-refractivity contribution in [2.45, 2.75) is 46.3 Å². The summed E-state index contributed by atoms with van der Waals surface area (Å²) in [5, 5.41) is 3.23. The highest BCUT2D eigenvalue weighted by Gasteiger charge is 2.30. The van der Waals surface area contributed by atoms with Gasteiger partial charge in [-0.3, -0.25) is 0 Å². The van der Waals surface area contributed by atoms with Gasteiger partial charge in [-0.15, -0.1) is 0 Å². The molecule has 1 rings (SSSR count). The quantitative estimate of drug-likeness (QED) is 0.777. The maximum atomic E-state index is 14.1. The maximum absolute atomic E-state index is 14.1. The highest BCUT2D eigenvalue weighted by molar-refractivity contribution is 5.24. The molecule has 1 aromatic carbocycles. The molecule has 0 aliphatic rings. The van der Waals surface area contributed by atoms with Gasteiger partial charge in [-0.25, -0.2) is 8.78 Å². The number of ether oxygens (including phenoxy) is 1. The summed E-state index contributed by atoms with van der Waals surface area (Å²) < 4.78 is 33.8. The molecule has 2 nitrogen and oxygen atoms in total. The number of halogens is 2. The summed E-state index contributed by atoms with van der Waals surface area (Å²) in [6.07, 6.45) is 0.627. The molecular formula is C16H25F2NO. The lowest BCUT2D eigenvalue weighted by atomic mass is 9.92. The maximum Gasteiger partial charge on any atom is 0.131 e. The lowest BCUT2D eigenvalue weighted by Gasteiger charge is -2.31. The molecule has 0 amide bonds. The molecule has 4 heteroatoms. The van der Waals surface area contributed by atoms with Crippen LogP contribution in [0.2, 0.25) is 0 Å². The van der Waals surface area contributed by atoms with E-state index in [4.69, 9.17) is 4.74 Å². The third kappa shape index (κ3) is 4.25. The van der Waals surface area contributed by atoms with Crippen molar-refractivity contribution in [3.63, 3.8) is 0 Å². The third-order valence-electron chi connectivity index (χ3n) is 3.27. The first-order chi connectivity index (χ1) is 9.52. The predicted octanol–water partition coefficient (Wildman–Crippen LogP) is 4.07. The first kappa shape index (κ1) is 17.1. The Morgan fingerprint density at radius 1 is 1.15 bits per heavy atom. The zero-order valence-electron chi connectivity index (χ0n) is 12.7. The summed E-state index contributed by atoms with van der Waals surface area (Å²) in [5.74, 6) is -0.892. The van der Waals surface area contributed by atoms with Crippen LogP contribution in [0.5, 0.6) is 0 Å². The molecule has 0 aliphatic carbocycles. The summed E-state index contributed by atoms with van der Waals surface area (Å²) in [5.41, 5.74) is 0.0769. The standard InChI is InChI=1S/C16H25F2NO/c1-5-10-19-15(16(11(3)4)20-6-2)14-12(17)8-7-9-13(14)18/h7-9,11,15-16,19H,5-6,10H2,1-4H3. The molecule has 0 aliphatic heterocycles. The molecular weight excluding hydrogens is 260 g/mol. The Morgan fingerprint density at radius 3 is 2.20 bits per heavy atom. The van der Waals surface area contributed by atoms with Gasteiger partial charge in [0.25, 0.3) is 0 Å². The van der Waals surface area contributed by atoms with Gasteiger partial charge in [-0.1, -0.05) is 26.8 Å². The van der Waals surface area contributed by atoms with E-state index < -0.39 is 17.7 Å². The van der Waals surface area contributed by atoms with E-state index >= 15 is 0 Å².